The standard InChI is InChI=1S/C13H19N3O/c1-17-8-4-2-3-7-16-13-6-5-12(15)9-11(13)10-14/h5-6,9,16H,2-4,7-8,15H2,1H3. The molecule has 0 heterocycles. The highest BCUT2D eigenvalue weighted by Gasteiger charge is 2.01. The molecule has 0 saturated heterocycles. The summed E-state index contributed by atoms with van der Waals surface area (Å²) in [4.78, 5) is 0. The monoisotopic (exact) mass is 233 g/mol. The van der Waals surface area contributed by atoms with Gasteiger partial charge in [0.05, 0.1) is 11.3 Å². The first-order valence-corrected chi connectivity index (χ1v) is 5.80. The highest BCUT2D eigenvalue weighted by Crippen LogP contribution is 2.17. The lowest BCUT2D eigenvalue weighted by molar-refractivity contribution is 0.192. The Morgan fingerprint density at radius 2 is 2.18 bits per heavy atom. The van der Waals surface area contributed by atoms with Gasteiger partial charge in [-0.25, -0.2) is 0 Å². The van der Waals surface area contributed by atoms with Crippen molar-refractivity contribution in [1.82, 2.24) is 0 Å². The van der Waals surface area contributed by atoms with Gasteiger partial charge in [0.1, 0.15) is 6.07 Å². The van der Waals surface area contributed by atoms with Gasteiger partial charge >= 0.3 is 0 Å². The van der Waals surface area contributed by atoms with Crippen molar-refractivity contribution in [1.29, 1.82) is 5.26 Å². The Hall–Kier alpha value is -1.73. The lowest BCUT2D eigenvalue weighted by Crippen LogP contribution is -2.04. The van der Waals surface area contributed by atoms with Crippen LogP contribution in [0, 0.1) is 11.3 Å². The van der Waals surface area contributed by atoms with Crippen molar-refractivity contribution in [2.45, 2.75) is 19.3 Å². The van der Waals surface area contributed by atoms with Crippen molar-refractivity contribution < 1.29 is 4.74 Å². The van der Waals surface area contributed by atoms with E-state index in [1.54, 1.807) is 19.2 Å². The number of hydrogen-bond donors (Lipinski definition) is 2. The smallest absolute Gasteiger partial charge is 0.101 e. The molecule has 0 aliphatic carbocycles. The molecule has 1 aromatic rings. The number of hydrogen-bond acceptors (Lipinski definition) is 4. The van der Waals surface area contributed by atoms with E-state index in [4.69, 9.17) is 15.7 Å². The van der Waals surface area contributed by atoms with Gasteiger partial charge < -0.3 is 15.8 Å². The summed E-state index contributed by atoms with van der Waals surface area (Å²) >= 11 is 0. The van der Waals surface area contributed by atoms with Crippen LogP contribution in [-0.4, -0.2) is 20.3 Å². The molecule has 0 aliphatic heterocycles. The van der Waals surface area contributed by atoms with Gasteiger partial charge in [-0.15, -0.1) is 0 Å². The fraction of sp³-hybridized carbons (Fsp3) is 0.462. The van der Waals surface area contributed by atoms with Crippen LogP contribution in [0.5, 0.6) is 0 Å². The Morgan fingerprint density at radius 1 is 1.35 bits per heavy atom. The van der Waals surface area contributed by atoms with Crippen LogP contribution in [-0.2, 0) is 4.74 Å². The zero-order chi connectivity index (χ0) is 12.5. The summed E-state index contributed by atoms with van der Waals surface area (Å²) in [5, 5.41) is 12.2. The quantitative estimate of drug-likeness (QED) is 0.560. The molecular weight excluding hydrogens is 214 g/mol. The predicted molar refractivity (Wildman–Crippen MR) is 69.8 cm³/mol. The van der Waals surface area contributed by atoms with E-state index in [0.717, 1.165) is 38.1 Å². The molecule has 4 nitrogen and oxygen atoms in total. The summed E-state index contributed by atoms with van der Waals surface area (Å²) in [5.41, 5.74) is 7.69. The van der Waals surface area contributed by atoms with Gasteiger partial charge in [0, 0.05) is 25.9 Å². The molecule has 0 aliphatic rings. The molecule has 0 fully saturated rings. The number of nitriles is 1. The lowest BCUT2D eigenvalue weighted by atomic mass is 10.1. The van der Waals surface area contributed by atoms with Gasteiger partial charge in [0.2, 0.25) is 0 Å². The van der Waals surface area contributed by atoms with Crippen LogP contribution in [0.2, 0.25) is 0 Å². The van der Waals surface area contributed by atoms with Crippen LogP contribution in [0.4, 0.5) is 11.4 Å². The maximum atomic E-state index is 8.95. The molecule has 0 aromatic heterocycles. The average Bonchev–Trinajstić information content (AvgIpc) is 2.35. The van der Waals surface area contributed by atoms with Crippen LogP contribution in [0.25, 0.3) is 0 Å². The maximum Gasteiger partial charge on any atom is 0.101 e. The molecule has 1 aromatic carbocycles. The minimum absolute atomic E-state index is 0.599. The lowest BCUT2D eigenvalue weighted by Gasteiger charge is -2.08. The third kappa shape index (κ3) is 4.75. The molecule has 0 atom stereocenters. The van der Waals surface area contributed by atoms with Crippen LogP contribution in [0.15, 0.2) is 18.2 Å². The van der Waals surface area contributed by atoms with Gasteiger partial charge in [-0.1, -0.05) is 0 Å². The number of nitrogens with zero attached hydrogens (tertiary/aromatic N) is 1. The van der Waals surface area contributed by atoms with Gasteiger partial charge in [-0.05, 0) is 37.5 Å². The fourth-order valence-electron chi connectivity index (χ4n) is 1.58. The van der Waals surface area contributed by atoms with Crippen LogP contribution in [0.3, 0.4) is 0 Å². The molecule has 0 saturated carbocycles. The fourth-order valence-corrected chi connectivity index (χ4v) is 1.58. The third-order valence-electron chi connectivity index (χ3n) is 2.50. The first kappa shape index (κ1) is 13.3. The van der Waals surface area contributed by atoms with Crippen molar-refractivity contribution in [3.8, 4) is 6.07 Å². The largest absolute Gasteiger partial charge is 0.399 e. The van der Waals surface area contributed by atoms with Gasteiger partial charge in [-0.3, -0.25) is 0 Å². The maximum absolute atomic E-state index is 8.95. The number of nitrogens with two attached hydrogens (primary N) is 1. The molecule has 3 N–H and O–H groups in total. The summed E-state index contributed by atoms with van der Waals surface area (Å²) < 4.78 is 4.98. The van der Waals surface area contributed by atoms with E-state index in [1.807, 2.05) is 6.07 Å². The minimum atomic E-state index is 0.599. The van der Waals surface area contributed by atoms with E-state index < -0.39 is 0 Å². The Labute approximate surface area is 102 Å². The molecule has 1 rings (SSSR count). The molecule has 0 spiro atoms. The van der Waals surface area contributed by atoms with Crippen molar-refractivity contribution in [2.24, 2.45) is 0 Å². The predicted octanol–water partition coefficient (Wildman–Crippen LogP) is 2.37. The van der Waals surface area contributed by atoms with Gasteiger partial charge in [-0.2, -0.15) is 5.26 Å². The highest BCUT2D eigenvalue weighted by atomic mass is 16.5. The number of unbranched alkanes of at least 4 members (excludes halogenated alkanes) is 2. The summed E-state index contributed by atoms with van der Waals surface area (Å²) in [6.45, 7) is 1.67. The van der Waals surface area contributed by atoms with Crippen LogP contribution in [0.1, 0.15) is 24.8 Å². The molecule has 0 amide bonds. The Kier molecular flexibility index (Phi) is 5.91. The van der Waals surface area contributed by atoms with Gasteiger partial charge in [0.15, 0.2) is 0 Å². The number of ether oxygens (including phenoxy) is 1. The average molecular weight is 233 g/mol. The van der Waals surface area contributed by atoms with E-state index in [1.165, 1.54) is 0 Å². The zero-order valence-electron chi connectivity index (χ0n) is 10.2. The van der Waals surface area contributed by atoms with Crippen LogP contribution >= 0.6 is 0 Å². The summed E-state index contributed by atoms with van der Waals surface area (Å²) in [6.07, 6.45) is 3.27. The molecule has 0 unspecified atom stereocenters. The number of methoxy groups -OCH3 is 1. The topological polar surface area (TPSA) is 71.1 Å². The first-order chi connectivity index (χ1) is 8.27. The molecule has 0 radical (unpaired) electrons. The second-order valence-corrected chi connectivity index (χ2v) is 3.90. The van der Waals surface area contributed by atoms with E-state index in [0.29, 0.717) is 11.3 Å². The van der Waals surface area contributed by atoms with Crippen molar-refractivity contribution in [3.63, 3.8) is 0 Å². The second kappa shape index (κ2) is 7.53. The Morgan fingerprint density at radius 3 is 2.88 bits per heavy atom. The highest BCUT2D eigenvalue weighted by molar-refractivity contribution is 5.62. The van der Waals surface area contributed by atoms with Crippen molar-refractivity contribution in [3.05, 3.63) is 23.8 Å². The number of nitrogens with one attached hydrogen (secondary N) is 1. The first-order valence-electron chi connectivity index (χ1n) is 5.80. The van der Waals surface area contributed by atoms with E-state index in [9.17, 15) is 0 Å². The number of nitrogen functional groups attached to an aromatic ring is 1. The number of rotatable bonds is 7. The summed E-state index contributed by atoms with van der Waals surface area (Å²) in [7, 11) is 1.71. The molecule has 17 heavy (non-hydrogen) atoms. The minimum Gasteiger partial charge on any atom is -0.399 e. The summed E-state index contributed by atoms with van der Waals surface area (Å²) in [6, 6.07) is 7.47. The SMILES string of the molecule is COCCCCCNc1ccc(N)cc1C#N. The van der Waals surface area contributed by atoms with Crippen molar-refractivity contribution >= 4 is 11.4 Å². The zero-order valence-corrected chi connectivity index (χ0v) is 10.2. The third-order valence-corrected chi connectivity index (χ3v) is 2.50. The van der Waals surface area contributed by atoms with Gasteiger partial charge in [0.25, 0.3) is 0 Å². The second-order valence-electron chi connectivity index (χ2n) is 3.90. The van der Waals surface area contributed by atoms with Crippen LogP contribution < -0.4 is 11.1 Å². The molecule has 92 valence electrons. The van der Waals surface area contributed by atoms with E-state index >= 15 is 0 Å². The molecular formula is C13H19N3O. The normalized spacial score (nSPS) is 9.88. The number of anilines is 2. The molecule has 4 heteroatoms. The van der Waals surface area contributed by atoms with Crippen molar-refractivity contribution in [2.75, 3.05) is 31.3 Å². The van der Waals surface area contributed by atoms with E-state index in [-0.39, 0.29) is 0 Å². The number of benzene rings is 1. The molecule has 0 bridgehead atoms. The summed E-state index contributed by atoms with van der Waals surface area (Å²) in [5.74, 6) is 0. The Balaban J connectivity index is 2.34. The Bertz CT molecular complexity index is 385. The van der Waals surface area contributed by atoms with E-state index in [2.05, 4.69) is 11.4 Å².